The van der Waals surface area contributed by atoms with Gasteiger partial charge in [0.15, 0.2) is 23.0 Å². The molecular formula is C14H14BrN5O3. The number of nitrogens with one attached hydrogen (secondary N) is 1. The molecular weight excluding hydrogens is 366 g/mol. The zero-order chi connectivity index (χ0) is 16.4. The van der Waals surface area contributed by atoms with Crippen molar-refractivity contribution in [3.63, 3.8) is 0 Å². The molecule has 120 valence electrons. The molecule has 9 heteroatoms. The number of ether oxygens (including phenoxy) is 3. The summed E-state index contributed by atoms with van der Waals surface area (Å²) in [6.07, 6.45) is 3.19. The molecule has 0 saturated heterocycles. The first-order valence-corrected chi connectivity index (χ1v) is 7.38. The molecule has 3 rings (SSSR count). The second-order valence-corrected chi connectivity index (χ2v) is 5.29. The first-order chi connectivity index (χ1) is 11.2. The van der Waals surface area contributed by atoms with Gasteiger partial charge in [-0.25, -0.2) is 14.5 Å². The van der Waals surface area contributed by atoms with Gasteiger partial charge in [-0.05, 0) is 15.9 Å². The van der Waals surface area contributed by atoms with Crippen molar-refractivity contribution in [2.45, 2.75) is 0 Å². The highest BCUT2D eigenvalue weighted by Gasteiger charge is 2.15. The summed E-state index contributed by atoms with van der Waals surface area (Å²) in [5, 5.41) is 7.30. The van der Waals surface area contributed by atoms with E-state index in [1.54, 1.807) is 44.2 Å². The van der Waals surface area contributed by atoms with E-state index >= 15 is 0 Å². The number of hydrogen-bond acceptors (Lipinski definition) is 7. The number of methoxy groups -OCH3 is 3. The third-order valence-corrected chi connectivity index (χ3v) is 3.54. The fraction of sp³-hybridized carbons (Fsp3) is 0.214. The Morgan fingerprint density at radius 2 is 1.78 bits per heavy atom. The highest BCUT2D eigenvalue weighted by molar-refractivity contribution is 9.10. The topological polar surface area (TPSA) is 82.8 Å². The largest absolute Gasteiger partial charge is 0.493 e. The Kier molecular flexibility index (Phi) is 4.20. The SMILES string of the molecule is COc1cc(Nc2nc(Br)cn3ncnc23)cc(OC)c1OC. The molecule has 0 bridgehead atoms. The Labute approximate surface area is 140 Å². The van der Waals surface area contributed by atoms with Crippen molar-refractivity contribution < 1.29 is 14.2 Å². The van der Waals surface area contributed by atoms with Crippen LogP contribution >= 0.6 is 15.9 Å². The molecule has 0 atom stereocenters. The van der Waals surface area contributed by atoms with Gasteiger partial charge >= 0.3 is 0 Å². The van der Waals surface area contributed by atoms with E-state index < -0.39 is 0 Å². The Balaban J connectivity index is 2.06. The van der Waals surface area contributed by atoms with Crippen LogP contribution in [0.1, 0.15) is 0 Å². The number of nitrogens with zero attached hydrogens (tertiary/aromatic N) is 4. The van der Waals surface area contributed by atoms with E-state index in [1.165, 1.54) is 6.33 Å². The van der Waals surface area contributed by atoms with Gasteiger partial charge in [0.05, 0.1) is 27.5 Å². The van der Waals surface area contributed by atoms with Gasteiger partial charge in [-0.1, -0.05) is 0 Å². The minimum atomic E-state index is 0.523. The molecule has 0 spiro atoms. The Morgan fingerprint density at radius 1 is 1.09 bits per heavy atom. The molecule has 0 aliphatic rings. The average Bonchev–Trinajstić information content (AvgIpc) is 3.02. The fourth-order valence-electron chi connectivity index (χ4n) is 2.17. The summed E-state index contributed by atoms with van der Waals surface area (Å²) < 4.78 is 18.3. The Hall–Kier alpha value is -2.55. The van der Waals surface area contributed by atoms with Gasteiger partial charge in [-0.3, -0.25) is 0 Å². The van der Waals surface area contributed by atoms with Crippen molar-refractivity contribution in [2.75, 3.05) is 26.6 Å². The molecule has 1 aromatic carbocycles. The summed E-state index contributed by atoms with van der Waals surface area (Å²) in [6.45, 7) is 0. The summed E-state index contributed by atoms with van der Waals surface area (Å²) in [6, 6.07) is 3.58. The fourth-order valence-corrected chi connectivity index (χ4v) is 2.55. The maximum atomic E-state index is 5.35. The summed E-state index contributed by atoms with van der Waals surface area (Å²) in [5.74, 6) is 2.16. The predicted molar refractivity (Wildman–Crippen MR) is 87.9 cm³/mol. The third kappa shape index (κ3) is 2.87. The van der Waals surface area contributed by atoms with Gasteiger partial charge < -0.3 is 19.5 Å². The van der Waals surface area contributed by atoms with Gasteiger partial charge in [0, 0.05) is 17.8 Å². The molecule has 2 aromatic heterocycles. The highest BCUT2D eigenvalue weighted by atomic mass is 79.9. The molecule has 0 fully saturated rings. The van der Waals surface area contributed by atoms with E-state index in [0.29, 0.717) is 33.3 Å². The minimum Gasteiger partial charge on any atom is -0.493 e. The van der Waals surface area contributed by atoms with Gasteiger partial charge in [-0.2, -0.15) is 5.10 Å². The lowest BCUT2D eigenvalue weighted by molar-refractivity contribution is 0.324. The smallest absolute Gasteiger partial charge is 0.203 e. The molecule has 2 heterocycles. The first kappa shape index (κ1) is 15.3. The number of hydrogen-bond donors (Lipinski definition) is 1. The Bertz CT molecular complexity index is 827. The van der Waals surface area contributed by atoms with Gasteiger partial charge in [-0.15, -0.1) is 0 Å². The zero-order valence-corrected chi connectivity index (χ0v) is 14.3. The van der Waals surface area contributed by atoms with Crippen LogP contribution in [0.15, 0.2) is 29.3 Å². The van der Waals surface area contributed by atoms with Crippen LogP contribution in [0, 0.1) is 0 Å². The number of aromatic nitrogens is 4. The number of anilines is 2. The standard InChI is InChI=1S/C14H14BrN5O3/c1-21-9-4-8(5-10(22-2)12(9)23-3)18-13-14-16-7-17-20(14)6-11(15)19-13/h4-7H,1-3H3,(H,18,19). The molecule has 1 N–H and O–H groups in total. The molecule has 0 unspecified atom stereocenters. The average molecular weight is 380 g/mol. The monoisotopic (exact) mass is 379 g/mol. The molecule has 0 aliphatic heterocycles. The Morgan fingerprint density at radius 3 is 2.39 bits per heavy atom. The lowest BCUT2D eigenvalue weighted by Crippen LogP contribution is -2.01. The predicted octanol–water partition coefficient (Wildman–Crippen LogP) is 2.66. The van der Waals surface area contributed by atoms with Crippen molar-refractivity contribution in [1.29, 1.82) is 0 Å². The maximum Gasteiger partial charge on any atom is 0.203 e. The van der Waals surface area contributed by atoms with E-state index in [-0.39, 0.29) is 0 Å². The maximum absolute atomic E-state index is 5.35. The second kappa shape index (κ2) is 6.29. The van der Waals surface area contributed by atoms with E-state index in [0.717, 1.165) is 5.69 Å². The zero-order valence-electron chi connectivity index (χ0n) is 12.7. The second-order valence-electron chi connectivity index (χ2n) is 4.48. The highest BCUT2D eigenvalue weighted by Crippen LogP contribution is 2.40. The number of fused-ring (bicyclic) bond motifs is 1. The van der Waals surface area contributed by atoms with Crippen molar-refractivity contribution in [3.8, 4) is 17.2 Å². The quantitative estimate of drug-likeness (QED) is 0.729. The van der Waals surface area contributed by atoms with Crippen LogP contribution in [-0.4, -0.2) is 40.9 Å². The van der Waals surface area contributed by atoms with Crippen molar-refractivity contribution in [1.82, 2.24) is 19.6 Å². The van der Waals surface area contributed by atoms with E-state index in [9.17, 15) is 0 Å². The van der Waals surface area contributed by atoms with Gasteiger partial charge in [0.2, 0.25) is 5.75 Å². The van der Waals surface area contributed by atoms with Crippen LogP contribution in [0.2, 0.25) is 0 Å². The molecule has 0 aliphatic carbocycles. The van der Waals surface area contributed by atoms with Crippen LogP contribution in [0.5, 0.6) is 17.2 Å². The number of rotatable bonds is 5. The molecule has 0 saturated carbocycles. The lowest BCUT2D eigenvalue weighted by atomic mass is 10.2. The third-order valence-electron chi connectivity index (χ3n) is 3.16. The van der Waals surface area contributed by atoms with Crippen LogP contribution in [0.25, 0.3) is 5.65 Å². The molecule has 23 heavy (non-hydrogen) atoms. The van der Waals surface area contributed by atoms with Crippen LogP contribution in [0.4, 0.5) is 11.5 Å². The van der Waals surface area contributed by atoms with Crippen molar-refractivity contribution in [2.24, 2.45) is 0 Å². The van der Waals surface area contributed by atoms with E-state index in [1.807, 2.05) is 0 Å². The minimum absolute atomic E-state index is 0.523. The van der Waals surface area contributed by atoms with E-state index in [2.05, 4.69) is 36.3 Å². The molecule has 0 amide bonds. The molecule has 8 nitrogen and oxygen atoms in total. The normalized spacial score (nSPS) is 10.6. The van der Waals surface area contributed by atoms with Crippen LogP contribution in [0.3, 0.4) is 0 Å². The number of halogens is 1. The van der Waals surface area contributed by atoms with Gasteiger partial charge in [0.25, 0.3) is 0 Å². The summed E-state index contributed by atoms with van der Waals surface area (Å²) in [7, 11) is 4.69. The summed E-state index contributed by atoms with van der Waals surface area (Å²) >= 11 is 3.35. The van der Waals surface area contributed by atoms with E-state index in [4.69, 9.17) is 14.2 Å². The van der Waals surface area contributed by atoms with Gasteiger partial charge in [0.1, 0.15) is 10.9 Å². The van der Waals surface area contributed by atoms with Crippen LogP contribution < -0.4 is 19.5 Å². The van der Waals surface area contributed by atoms with Crippen LogP contribution in [-0.2, 0) is 0 Å². The molecule has 0 radical (unpaired) electrons. The lowest BCUT2D eigenvalue weighted by Gasteiger charge is -2.15. The first-order valence-electron chi connectivity index (χ1n) is 6.59. The molecule has 3 aromatic rings. The number of benzene rings is 1. The summed E-state index contributed by atoms with van der Waals surface area (Å²) in [5.41, 5.74) is 1.32. The van der Waals surface area contributed by atoms with Crippen molar-refractivity contribution in [3.05, 3.63) is 29.3 Å². The summed E-state index contributed by atoms with van der Waals surface area (Å²) in [4.78, 5) is 8.59. The van der Waals surface area contributed by atoms with Crippen molar-refractivity contribution >= 4 is 33.1 Å².